The first-order chi connectivity index (χ1) is 8.50. The summed E-state index contributed by atoms with van der Waals surface area (Å²) >= 11 is 0. The number of aromatic amines is 1. The number of nitrogens with zero attached hydrogens (tertiary/aromatic N) is 1. The van der Waals surface area contributed by atoms with Crippen LogP contribution in [0.15, 0.2) is 4.79 Å². The number of aromatic nitrogens is 2. The predicted octanol–water partition coefficient (Wildman–Crippen LogP) is -0.113. The lowest BCUT2D eigenvalue weighted by Crippen LogP contribution is -2.37. The Morgan fingerprint density at radius 1 is 1.56 bits per heavy atom. The number of aliphatic hydroxyl groups is 1. The van der Waals surface area contributed by atoms with Gasteiger partial charge in [-0.3, -0.25) is 9.59 Å². The molecule has 98 valence electrons. The van der Waals surface area contributed by atoms with Crippen molar-refractivity contribution in [1.29, 1.82) is 0 Å². The summed E-state index contributed by atoms with van der Waals surface area (Å²) in [5, 5.41) is 18.3. The van der Waals surface area contributed by atoms with E-state index in [2.05, 4.69) is 15.5 Å². The highest BCUT2D eigenvalue weighted by molar-refractivity contribution is 5.95. The van der Waals surface area contributed by atoms with Gasteiger partial charge in [0.05, 0.1) is 11.8 Å². The van der Waals surface area contributed by atoms with Gasteiger partial charge in [-0.25, -0.2) is 5.10 Å². The van der Waals surface area contributed by atoms with Crippen molar-refractivity contribution < 1.29 is 9.90 Å². The van der Waals surface area contributed by atoms with E-state index >= 15 is 0 Å². The zero-order valence-electron chi connectivity index (χ0n) is 10.5. The standard InChI is InChI=1S/C12H17N3O3/c1-6-7(2)14-15-12(18)10(6)11(17)13-5-9(16)8-3-4-8/h8-9,16H,3-5H2,1-2H3,(H,13,17)(H,15,18). The molecular formula is C12H17N3O3. The number of aryl methyl sites for hydroxylation is 1. The van der Waals surface area contributed by atoms with Crippen molar-refractivity contribution in [3.8, 4) is 0 Å². The first-order valence-electron chi connectivity index (χ1n) is 6.03. The number of carbonyl (C=O) groups excluding carboxylic acids is 1. The van der Waals surface area contributed by atoms with Gasteiger partial charge in [0.15, 0.2) is 0 Å². The summed E-state index contributed by atoms with van der Waals surface area (Å²) in [5.74, 6) is -0.164. The van der Waals surface area contributed by atoms with Gasteiger partial charge < -0.3 is 10.4 Å². The number of H-pyrrole nitrogens is 1. The molecule has 0 bridgehead atoms. The maximum Gasteiger partial charge on any atom is 0.277 e. The molecule has 1 amide bonds. The van der Waals surface area contributed by atoms with Crippen LogP contribution in [0.1, 0.15) is 34.5 Å². The van der Waals surface area contributed by atoms with Gasteiger partial charge >= 0.3 is 0 Å². The molecule has 6 nitrogen and oxygen atoms in total. The van der Waals surface area contributed by atoms with Gasteiger partial charge in [0, 0.05) is 6.54 Å². The number of rotatable bonds is 4. The lowest BCUT2D eigenvalue weighted by molar-refractivity contribution is 0.0898. The molecule has 18 heavy (non-hydrogen) atoms. The van der Waals surface area contributed by atoms with Crippen LogP contribution >= 0.6 is 0 Å². The molecule has 6 heteroatoms. The highest BCUT2D eigenvalue weighted by atomic mass is 16.3. The first kappa shape index (κ1) is 12.8. The second-order valence-electron chi connectivity index (χ2n) is 4.75. The molecule has 1 unspecified atom stereocenters. The maximum atomic E-state index is 11.9. The third-order valence-electron chi connectivity index (χ3n) is 3.33. The van der Waals surface area contributed by atoms with Crippen molar-refractivity contribution in [2.75, 3.05) is 6.54 Å². The molecule has 2 rings (SSSR count). The molecule has 1 fully saturated rings. The van der Waals surface area contributed by atoms with E-state index in [0.29, 0.717) is 17.2 Å². The minimum absolute atomic E-state index is 0.0745. The second kappa shape index (κ2) is 4.89. The van der Waals surface area contributed by atoms with E-state index in [1.807, 2.05) is 0 Å². The molecule has 0 aromatic carbocycles. The number of hydrogen-bond acceptors (Lipinski definition) is 4. The number of aliphatic hydroxyl groups excluding tert-OH is 1. The molecule has 0 spiro atoms. The topological polar surface area (TPSA) is 95.1 Å². The fourth-order valence-electron chi connectivity index (χ4n) is 1.83. The Bertz CT molecular complexity index is 520. The minimum Gasteiger partial charge on any atom is -0.391 e. The molecule has 1 aliphatic carbocycles. The van der Waals surface area contributed by atoms with Crippen molar-refractivity contribution >= 4 is 5.91 Å². The molecule has 0 radical (unpaired) electrons. The first-order valence-corrected chi connectivity index (χ1v) is 6.03. The van der Waals surface area contributed by atoms with Gasteiger partial charge in [0.1, 0.15) is 5.56 Å². The van der Waals surface area contributed by atoms with E-state index in [1.165, 1.54) is 0 Å². The van der Waals surface area contributed by atoms with Gasteiger partial charge in [-0.1, -0.05) is 0 Å². The molecule has 1 aromatic rings. The van der Waals surface area contributed by atoms with Crippen molar-refractivity contribution in [3.05, 3.63) is 27.2 Å². The van der Waals surface area contributed by atoms with E-state index in [1.54, 1.807) is 13.8 Å². The number of carbonyl (C=O) groups is 1. The number of amides is 1. The zero-order chi connectivity index (χ0) is 13.3. The Hall–Kier alpha value is -1.69. The van der Waals surface area contributed by atoms with E-state index in [0.717, 1.165) is 12.8 Å². The van der Waals surface area contributed by atoms with Crippen LogP contribution in [0.5, 0.6) is 0 Å². The molecule has 3 N–H and O–H groups in total. The van der Waals surface area contributed by atoms with Crippen molar-refractivity contribution in [2.24, 2.45) is 5.92 Å². The van der Waals surface area contributed by atoms with E-state index in [4.69, 9.17) is 0 Å². The third kappa shape index (κ3) is 2.59. The normalized spacial score (nSPS) is 16.4. The average Bonchev–Trinajstić information content (AvgIpc) is 3.15. The monoisotopic (exact) mass is 251 g/mol. The van der Waals surface area contributed by atoms with E-state index in [-0.39, 0.29) is 12.1 Å². The third-order valence-corrected chi connectivity index (χ3v) is 3.33. The van der Waals surface area contributed by atoms with Gasteiger partial charge in [-0.2, -0.15) is 5.10 Å². The smallest absolute Gasteiger partial charge is 0.277 e. The molecule has 0 aliphatic heterocycles. The van der Waals surface area contributed by atoms with Crippen molar-refractivity contribution in [2.45, 2.75) is 32.8 Å². The molecule has 1 heterocycles. The fraction of sp³-hybridized carbons (Fsp3) is 0.583. The summed E-state index contributed by atoms with van der Waals surface area (Å²) in [7, 11) is 0. The lowest BCUT2D eigenvalue weighted by Gasteiger charge is -2.11. The van der Waals surface area contributed by atoms with Gasteiger partial charge in [0.25, 0.3) is 11.5 Å². The lowest BCUT2D eigenvalue weighted by atomic mass is 10.1. The molecule has 1 saturated carbocycles. The minimum atomic E-state index is -0.517. The Morgan fingerprint density at radius 2 is 2.22 bits per heavy atom. The zero-order valence-corrected chi connectivity index (χ0v) is 10.5. The Balaban J connectivity index is 2.08. The summed E-state index contributed by atoms with van der Waals surface area (Å²) in [5.41, 5.74) is 0.752. The molecule has 0 saturated heterocycles. The highest BCUT2D eigenvalue weighted by Gasteiger charge is 2.30. The highest BCUT2D eigenvalue weighted by Crippen LogP contribution is 2.32. The molecule has 1 aromatic heterocycles. The SMILES string of the molecule is Cc1n[nH]c(=O)c(C(=O)NCC(O)C2CC2)c1C. The van der Waals surface area contributed by atoms with Crippen LogP contribution in [0.25, 0.3) is 0 Å². The second-order valence-corrected chi connectivity index (χ2v) is 4.75. The van der Waals surface area contributed by atoms with Crippen LogP contribution in [-0.4, -0.2) is 33.9 Å². The summed E-state index contributed by atoms with van der Waals surface area (Å²) in [6.45, 7) is 3.59. The molecule has 1 aliphatic rings. The van der Waals surface area contributed by atoms with E-state index < -0.39 is 17.6 Å². The van der Waals surface area contributed by atoms with Crippen LogP contribution in [0.3, 0.4) is 0 Å². The Morgan fingerprint density at radius 3 is 2.83 bits per heavy atom. The quantitative estimate of drug-likeness (QED) is 0.695. The van der Waals surface area contributed by atoms with E-state index in [9.17, 15) is 14.7 Å². The summed E-state index contributed by atoms with van der Waals surface area (Å²) in [6, 6.07) is 0. The molecule has 1 atom stereocenters. The van der Waals surface area contributed by atoms with Crippen LogP contribution in [0, 0.1) is 19.8 Å². The summed E-state index contributed by atoms with van der Waals surface area (Å²) < 4.78 is 0. The van der Waals surface area contributed by atoms with Gasteiger partial charge in [-0.05, 0) is 38.2 Å². The van der Waals surface area contributed by atoms with Crippen LogP contribution < -0.4 is 10.9 Å². The van der Waals surface area contributed by atoms with Crippen molar-refractivity contribution in [1.82, 2.24) is 15.5 Å². The summed E-state index contributed by atoms with van der Waals surface area (Å²) in [4.78, 5) is 23.5. The van der Waals surface area contributed by atoms with Crippen LogP contribution in [-0.2, 0) is 0 Å². The maximum absolute atomic E-state index is 11.9. The summed E-state index contributed by atoms with van der Waals surface area (Å²) in [6.07, 6.45) is 1.49. The number of hydrogen-bond donors (Lipinski definition) is 3. The van der Waals surface area contributed by atoms with Gasteiger partial charge in [-0.15, -0.1) is 0 Å². The Kier molecular flexibility index (Phi) is 3.47. The predicted molar refractivity (Wildman–Crippen MR) is 65.4 cm³/mol. The fourth-order valence-corrected chi connectivity index (χ4v) is 1.83. The van der Waals surface area contributed by atoms with Crippen LogP contribution in [0.2, 0.25) is 0 Å². The largest absolute Gasteiger partial charge is 0.391 e. The number of nitrogens with one attached hydrogen (secondary N) is 2. The average molecular weight is 251 g/mol. The van der Waals surface area contributed by atoms with Gasteiger partial charge in [0.2, 0.25) is 0 Å². The Labute approximate surface area is 104 Å². The van der Waals surface area contributed by atoms with Crippen LogP contribution in [0.4, 0.5) is 0 Å². The van der Waals surface area contributed by atoms with Crippen molar-refractivity contribution in [3.63, 3.8) is 0 Å². The molecular weight excluding hydrogens is 234 g/mol.